The molecule has 0 saturated carbocycles. The van der Waals surface area contributed by atoms with Crippen molar-refractivity contribution in [2.24, 2.45) is 5.41 Å². The Labute approximate surface area is 195 Å². The topological polar surface area (TPSA) is 84.2 Å². The van der Waals surface area contributed by atoms with Gasteiger partial charge >= 0.3 is 0 Å². The van der Waals surface area contributed by atoms with Crippen molar-refractivity contribution in [3.63, 3.8) is 0 Å². The number of nitrogens with one attached hydrogen (secondary N) is 1. The average Bonchev–Trinajstić information content (AvgIpc) is 3.13. The lowest BCUT2D eigenvalue weighted by Gasteiger charge is -2.17. The number of aliphatic hydroxyl groups excluding tert-OH is 1. The van der Waals surface area contributed by atoms with Gasteiger partial charge in [-0.3, -0.25) is 0 Å². The molecule has 0 aliphatic carbocycles. The summed E-state index contributed by atoms with van der Waals surface area (Å²) >= 11 is 3.47. The molecule has 31 heavy (non-hydrogen) atoms. The van der Waals surface area contributed by atoms with E-state index in [2.05, 4.69) is 90.0 Å². The maximum Gasteiger partial charge on any atom is 0.197 e. The van der Waals surface area contributed by atoms with Gasteiger partial charge < -0.3 is 20.6 Å². The number of aromatic nitrogens is 2. The van der Waals surface area contributed by atoms with Crippen LogP contribution in [-0.4, -0.2) is 28.8 Å². The molecule has 6 heteroatoms. The van der Waals surface area contributed by atoms with Crippen molar-refractivity contribution in [2.75, 3.05) is 19.5 Å². The van der Waals surface area contributed by atoms with Crippen molar-refractivity contribution in [1.82, 2.24) is 9.97 Å². The molecule has 0 spiro atoms. The van der Waals surface area contributed by atoms with E-state index >= 15 is 0 Å². The number of aromatic amines is 1. The number of hydrogen-bond donors (Lipinski definition) is 3. The number of nitrogen functional groups attached to an aromatic ring is 1. The third kappa shape index (κ3) is 11.0. The van der Waals surface area contributed by atoms with Crippen LogP contribution in [0.4, 0.5) is 5.95 Å². The van der Waals surface area contributed by atoms with E-state index in [4.69, 9.17) is 15.6 Å². The van der Waals surface area contributed by atoms with Crippen molar-refractivity contribution in [3.8, 4) is 5.75 Å². The summed E-state index contributed by atoms with van der Waals surface area (Å²) in [6, 6.07) is 16.5. The molecular formula is C25H36BrN3O2. The fraction of sp³-hybridized carbons (Fsp3) is 0.400. The Morgan fingerprint density at radius 3 is 2.00 bits per heavy atom. The van der Waals surface area contributed by atoms with Gasteiger partial charge in [-0.25, -0.2) is 4.98 Å². The molecule has 1 heterocycles. The molecule has 0 radical (unpaired) electrons. The number of benzene rings is 2. The highest BCUT2D eigenvalue weighted by atomic mass is 79.9. The Morgan fingerprint density at radius 1 is 1.06 bits per heavy atom. The minimum Gasteiger partial charge on any atom is -0.497 e. The highest BCUT2D eigenvalue weighted by molar-refractivity contribution is 9.10. The fourth-order valence-electron chi connectivity index (χ4n) is 2.63. The summed E-state index contributed by atoms with van der Waals surface area (Å²) in [6.45, 7) is 10.7. The molecule has 0 aliphatic heterocycles. The number of aliphatic hydroxyl groups is 1. The lowest BCUT2D eigenvalue weighted by molar-refractivity contribution is 0.318. The molecule has 3 rings (SSSR count). The van der Waals surface area contributed by atoms with Gasteiger partial charge in [0, 0.05) is 22.7 Å². The molecule has 0 bridgehead atoms. The number of nitrogens with zero attached hydrogens (tertiary/aromatic N) is 1. The van der Waals surface area contributed by atoms with Crippen molar-refractivity contribution < 1.29 is 9.84 Å². The average molecular weight is 490 g/mol. The van der Waals surface area contributed by atoms with E-state index in [-0.39, 0.29) is 12.5 Å². The largest absolute Gasteiger partial charge is 0.497 e. The van der Waals surface area contributed by atoms with E-state index < -0.39 is 0 Å². The van der Waals surface area contributed by atoms with E-state index in [1.807, 2.05) is 18.3 Å². The van der Waals surface area contributed by atoms with Gasteiger partial charge in [0.15, 0.2) is 5.95 Å². The van der Waals surface area contributed by atoms with Gasteiger partial charge in [0.2, 0.25) is 0 Å². The number of imidazole rings is 1. The Bertz CT molecular complexity index is 863. The second kappa shape index (κ2) is 13.2. The second-order valence-electron chi connectivity index (χ2n) is 8.70. The van der Waals surface area contributed by atoms with E-state index in [0.29, 0.717) is 11.4 Å². The standard InChI is InChI=1S/C18H18BrN3O.C5H12.C2H6O/c1-23-15-8-4-13(5-9-15)16(17-11-21-18(20)22-17)10-12-2-6-14(19)7-3-12;1-5(2,3)4;1-2-3/h2-9,11,16H,10H2,1H3,(H3,20,21,22);1-4H3;3H,2H2,1H3. The van der Waals surface area contributed by atoms with Gasteiger partial charge in [-0.05, 0) is 54.2 Å². The van der Waals surface area contributed by atoms with Crippen LogP contribution in [0.1, 0.15) is 57.4 Å². The zero-order chi connectivity index (χ0) is 23.4. The summed E-state index contributed by atoms with van der Waals surface area (Å²) in [7, 11) is 1.67. The molecular weight excluding hydrogens is 454 g/mol. The van der Waals surface area contributed by atoms with Gasteiger partial charge in [-0.1, -0.05) is 67.9 Å². The number of H-pyrrole nitrogens is 1. The van der Waals surface area contributed by atoms with Crippen LogP contribution in [0.2, 0.25) is 0 Å². The molecule has 2 aromatic carbocycles. The first-order valence-corrected chi connectivity index (χ1v) is 11.2. The summed E-state index contributed by atoms with van der Waals surface area (Å²) in [5.41, 5.74) is 9.71. The predicted octanol–water partition coefficient (Wildman–Crippen LogP) is 6.19. The number of anilines is 1. The van der Waals surface area contributed by atoms with Crippen LogP contribution in [-0.2, 0) is 6.42 Å². The van der Waals surface area contributed by atoms with Gasteiger partial charge in [-0.2, -0.15) is 0 Å². The number of nitrogens with two attached hydrogens (primary N) is 1. The highest BCUT2D eigenvalue weighted by Gasteiger charge is 2.17. The molecule has 0 amide bonds. The maximum atomic E-state index is 7.57. The lowest BCUT2D eigenvalue weighted by Crippen LogP contribution is -2.06. The zero-order valence-corrected chi connectivity index (χ0v) is 21.0. The predicted molar refractivity (Wildman–Crippen MR) is 134 cm³/mol. The van der Waals surface area contributed by atoms with Crippen LogP contribution in [0.5, 0.6) is 5.75 Å². The lowest BCUT2D eigenvalue weighted by atomic mass is 9.89. The normalized spacial score (nSPS) is 11.5. The monoisotopic (exact) mass is 489 g/mol. The molecule has 1 unspecified atom stereocenters. The maximum absolute atomic E-state index is 7.57. The van der Waals surface area contributed by atoms with E-state index in [9.17, 15) is 0 Å². The van der Waals surface area contributed by atoms with Crippen molar-refractivity contribution in [3.05, 3.63) is 76.0 Å². The quantitative estimate of drug-likeness (QED) is 0.398. The SMILES string of the molecule is CC(C)(C)C.CCO.COc1ccc(C(Cc2ccc(Br)cc2)c2cnc(N)[nH]2)cc1. The molecule has 1 atom stereocenters. The minimum atomic E-state index is 0.159. The van der Waals surface area contributed by atoms with Crippen molar-refractivity contribution in [1.29, 1.82) is 0 Å². The minimum absolute atomic E-state index is 0.159. The Hall–Kier alpha value is -2.31. The Morgan fingerprint density at radius 2 is 1.58 bits per heavy atom. The van der Waals surface area contributed by atoms with Gasteiger partial charge in [0.1, 0.15) is 5.75 Å². The van der Waals surface area contributed by atoms with Gasteiger partial charge in [0.25, 0.3) is 0 Å². The van der Waals surface area contributed by atoms with Crippen LogP contribution in [0, 0.1) is 5.41 Å². The molecule has 3 aromatic rings. The number of hydrogen-bond acceptors (Lipinski definition) is 4. The third-order valence-electron chi connectivity index (χ3n) is 3.86. The second-order valence-corrected chi connectivity index (χ2v) is 9.61. The highest BCUT2D eigenvalue weighted by Crippen LogP contribution is 2.29. The van der Waals surface area contributed by atoms with Crippen LogP contribution < -0.4 is 10.5 Å². The van der Waals surface area contributed by atoms with Gasteiger partial charge in [0.05, 0.1) is 13.3 Å². The summed E-state index contributed by atoms with van der Waals surface area (Å²) in [5.74, 6) is 1.45. The number of rotatable bonds is 5. The van der Waals surface area contributed by atoms with Crippen molar-refractivity contribution in [2.45, 2.75) is 47.0 Å². The van der Waals surface area contributed by atoms with Crippen molar-refractivity contribution >= 4 is 21.9 Å². The summed E-state index contributed by atoms with van der Waals surface area (Å²) < 4.78 is 6.32. The summed E-state index contributed by atoms with van der Waals surface area (Å²) in [5, 5.41) is 7.57. The van der Waals surface area contributed by atoms with Gasteiger partial charge in [-0.15, -0.1) is 0 Å². The molecule has 170 valence electrons. The van der Waals surface area contributed by atoms with Crippen LogP contribution in [0.15, 0.2) is 59.2 Å². The van der Waals surface area contributed by atoms with E-state index in [1.54, 1.807) is 14.0 Å². The zero-order valence-electron chi connectivity index (χ0n) is 19.4. The van der Waals surface area contributed by atoms with Crippen LogP contribution in [0.3, 0.4) is 0 Å². The molecule has 0 aliphatic rings. The third-order valence-corrected chi connectivity index (χ3v) is 4.39. The summed E-state index contributed by atoms with van der Waals surface area (Å²) in [6.07, 6.45) is 2.67. The smallest absolute Gasteiger partial charge is 0.197 e. The first-order chi connectivity index (χ1) is 14.6. The van der Waals surface area contributed by atoms with E-state index in [0.717, 1.165) is 22.3 Å². The molecule has 0 saturated heterocycles. The Balaban J connectivity index is 0.000000519. The van der Waals surface area contributed by atoms with Crippen LogP contribution >= 0.6 is 15.9 Å². The molecule has 0 fully saturated rings. The number of halogens is 1. The Kier molecular flexibility index (Phi) is 11.4. The fourth-order valence-corrected chi connectivity index (χ4v) is 2.89. The molecule has 1 aromatic heterocycles. The van der Waals surface area contributed by atoms with Crippen LogP contribution in [0.25, 0.3) is 0 Å². The molecule has 5 nitrogen and oxygen atoms in total. The van der Waals surface area contributed by atoms with E-state index in [1.165, 1.54) is 11.1 Å². The first-order valence-electron chi connectivity index (χ1n) is 10.4. The molecule has 4 N–H and O–H groups in total. The number of ether oxygens (including phenoxy) is 1. The summed E-state index contributed by atoms with van der Waals surface area (Å²) in [4.78, 5) is 7.30. The first kappa shape index (κ1) is 26.7. The number of methoxy groups -OCH3 is 1.